The predicted octanol–water partition coefficient (Wildman–Crippen LogP) is 2.95. The standard InChI is InChI=1S/C11H9ClO2/c1-2-14-11(13)8-10(12)9-6-4-3-5-7-9/h2-8H,1H2. The Kier molecular flexibility index (Phi) is 3.95. The molecule has 0 bridgehead atoms. The molecule has 0 amide bonds. The number of esters is 1. The zero-order valence-electron chi connectivity index (χ0n) is 7.44. The van der Waals surface area contributed by atoms with E-state index in [0.717, 1.165) is 11.8 Å². The zero-order valence-corrected chi connectivity index (χ0v) is 8.20. The molecule has 72 valence electrons. The van der Waals surface area contributed by atoms with E-state index in [1.165, 1.54) is 6.08 Å². The molecule has 0 radical (unpaired) electrons. The molecule has 2 nitrogen and oxygen atoms in total. The Morgan fingerprint density at radius 2 is 2.00 bits per heavy atom. The molecule has 1 rings (SSSR count). The second-order valence-electron chi connectivity index (χ2n) is 2.46. The first kappa shape index (κ1) is 10.5. The van der Waals surface area contributed by atoms with Gasteiger partial charge in [-0.15, -0.1) is 0 Å². The highest BCUT2D eigenvalue weighted by molar-refractivity contribution is 6.50. The van der Waals surface area contributed by atoms with E-state index in [2.05, 4.69) is 11.3 Å². The lowest BCUT2D eigenvalue weighted by Crippen LogP contribution is -1.93. The molecule has 0 spiro atoms. The second-order valence-corrected chi connectivity index (χ2v) is 2.87. The first-order chi connectivity index (χ1) is 6.74. The molecule has 0 saturated heterocycles. The van der Waals surface area contributed by atoms with E-state index in [-0.39, 0.29) is 0 Å². The third kappa shape index (κ3) is 3.07. The topological polar surface area (TPSA) is 26.3 Å². The Labute approximate surface area is 87.5 Å². The Morgan fingerprint density at radius 3 is 2.57 bits per heavy atom. The van der Waals surface area contributed by atoms with E-state index in [9.17, 15) is 4.79 Å². The van der Waals surface area contributed by atoms with Gasteiger partial charge in [-0.3, -0.25) is 0 Å². The van der Waals surface area contributed by atoms with Crippen LogP contribution in [0.15, 0.2) is 49.2 Å². The summed E-state index contributed by atoms with van der Waals surface area (Å²) in [6, 6.07) is 9.16. The smallest absolute Gasteiger partial charge is 0.337 e. The number of carbonyl (C=O) groups is 1. The summed E-state index contributed by atoms with van der Waals surface area (Å²) in [6.45, 7) is 3.27. The van der Waals surface area contributed by atoms with Crippen LogP contribution in [0.25, 0.3) is 5.03 Å². The van der Waals surface area contributed by atoms with E-state index in [4.69, 9.17) is 11.6 Å². The van der Waals surface area contributed by atoms with Gasteiger partial charge < -0.3 is 4.74 Å². The van der Waals surface area contributed by atoms with Crippen LogP contribution < -0.4 is 0 Å². The van der Waals surface area contributed by atoms with Crippen LogP contribution >= 0.6 is 11.6 Å². The molecule has 0 unspecified atom stereocenters. The third-order valence-corrected chi connectivity index (χ3v) is 1.82. The molecule has 0 atom stereocenters. The summed E-state index contributed by atoms with van der Waals surface area (Å²) in [5.41, 5.74) is 0.773. The van der Waals surface area contributed by atoms with Gasteiger partial charge in [0.1, 0.15) is 0 Å². The summed E-state index contributed by atoms with van der Waals surface area (Å²) < 4.78 is 4.50. The fraction of sp³-hybridized carbons (Fsp3) is 0. The van der Waals surface area contributed by atoms with Gasteiger partial charge in [0, 0.05) is 6.08 Å². The fourth-order valence-electron chi connectivity index (χ4n) is 0.900. The fourth-order valence-corrected chi connectivity index (χ4v) is 1.12. The minimum absolute atomic E-state index is 0.345. The molecule has 0 saturated carbocycles. The van der Waals surface area contributed by atoms with Gasteiger partial charge in [-0.2, -0.15) is 0 Å². The van der Waals surface area contributed by atoms with Crippen molar-refractivity contribution in [1.82, 2.24) is 0 Å². The minimum Gasteiger partial charge on any atom is -0.432 e. The SMILES string of the molecule is C=COC(=O)C=C(Cl)c1ccccc1. The monoisotopic (exact) mass is 208 g/mol. The first-order valence-electron chi connectivity index (χ1n) is 3.98. The van der Waals surface area contributed by atoms with E-state index in [0.29, 0.717) is 5.03 Å². The van der Waals surface area contributed by atoms with Gasteiger partial charge >= 0.3 is 5.97 Å². The molecule has 0 fully saturated rings. The van der Waals surface area contributed by atoms with E-state index >= 15 is 0 Å². The van der Waals surface area contributed by atoms with Gasteiger partial charge in [0.2, 0.25) is 0 Å². The van der Waals surface area contributed by atoms with Crippen molar-refractivity contribution >= 4 is 22.6 Å². The summed E-state index contributed by atoms with van der Waals surface area (Å²) in [4.78, 5) is 11.0. The van der Waals surface area contributed by atoms with E-state index < -0.39 is 5.97 Å². The van der Waals surface area contributed by atoms with Gasteiger partial charge in [-0.25, -0.2) is 4.79 Å². The van der Waals surface area contributed by atoms with Gasteiger partial charge in [0.15, 0.2) is 0 Å². The molecular weight excluding hydrogens is 200 g/mol. The quantitative estimate of drug-likeness (QED) is 0.434. The maximum absolute atomic E-state index is 11.0. The van der Waals surface area contributed by atoms with Gasteiger partial charge in [-0.1, -0.05) is 48.5 Å². The van der Waals surface area contributed by atoms with Crippen molar-refractivity contribution in [3.63, 3.8) is 0 Å². The highest BCUT2D eigenvalue weighted by atomic mass is 35.5. The van der Waals surface area contributed by atoms with E-state index in [1.807, 2.05) is 18.2 Å². The maximum atomic E-state index is 11.0. The lowest BCUT2D eigenvalue weighted by atomic mass is 10.2. The van der Waals surface area contributed by atoms with Crippen LogP contribution in [0.5, 0.6) is 0 Å². The minimum atomic E-state index is -0.533. The number of ether oxygens (including phenoxy) is 1. The van der Waals surface area contributed by atoms with Crippen molar-refractivity contribution in [2.24, 2.45) is 0 Å². The van der Waals surface area contributed by atoms with Gasteiger partial charge in [0.05, 0.1) is 11.3 Å². The normalized spacial score (nSPS) is 10.8. The third-order valence-electron chi connectivity index (χ3n) is 1.49. The number of halogens is 1. The molecule has 0 aliphatic heterocycles. The largest absolute Gasteiger partial charge is 0.432 e. The van der Waals surface area contributed by atoms with Crippen molar-refractivity contribution in [3.05, 3.63) is 54.8 Å². The first-order valence-corrected chi connectivity index (χ1v) is 4.36. The number of carbonyl (C=O) groups excluding carboxylic acids is 1. The van der Waals surface area contributed by atoms with E-state index in [1.54, 1.807) is 12.1 Å². The Bertz CT molecular complexity index is 355. The molecule has 0 aromatic heterocycles. The molecule has 0 N–H and O–H groups in total. The number of rotatable bonds is 3. The van der Waals surface area contributed by atoms with Crippen LogP contribution in [0.3, 0.4) is 0 Å². The lowest BCUT2D eigenvalue weighted by Gasteiger charge is -1.97. The Morgan fingerprint density at radius 1 is 1.36 bits per heavy atom. The van der Waals surface area contributed by atoms with Crippen LogP contribution in [0, 0.1) is 0 Å². The van der Waals surface area contributed by atoms with Gasteiger partial charge in [0.25, 0.3) is 0 Å². The van der Waals surface area contributed by atoms with Crippen molar-refractivity contribution in [3.8, 4) is 0 Å². The zero-order chi connectivity index (χ0) is 10.4. The molecule has 14 heavy (non-hydrogen) atoms. The summed E-state index contributed by atoms with van der Waals surface area (Å²) in [5, 5.41) is 0.345. The van der Waals surface area contributed by atoms with Gasteiger partial charge in [-0.05, 0) is 5.56 Å². The molecule has 0 aliphatic rings. The number of hydrogen-bond acceptors (Lipinski definition) is 2. The van der Waals surface area contributed by atoms with Crippen LogP contribution in [0.4, 0.5) is 0 Å². The van der Waals surface area contributed by atoms with Crippen molar-refractivity contribution < 1.29 is 9.53 Å². The van der Waals surface area contributed by atoms with Crippen molar-refractivity contribution in [2.75, 3.05) is 0 Å². The summed E-state index contributed by atoms with van der Waals surface area (Å²) >= 11 is 5.86. The molecular formula is C11H9ClO2. The van der Waals surface area contributed by atoms with Crippen LogP contribution in [0.2, 0.25) is 0 Å². The molecule has 0 heterocycles. The van der Waals surface area contributed by atoms with Crippen LogP contribution in [-0.2, 0) is 9.53 Å². The van der Waals surface area contributed by atoms with Crippen LogP contribution in [-0.4, -0.2) is 5.97 Å². The Hall–Kier alpha value is -1.54. The molecule has 3 heteroatoms. The number of benzene rings is 1. The van der Waals surface area contributed by atoms with Crippen molar-refractivity contribution in [2.45, 2.75) is 0 Å². The van der Waals surface area contributed by atoms with Crippen molar-refractivity contribution in [1.29, 1.82) is 0 Å². The highest BCUT2D eigenvalue weighted by Gasteiger charge is 2.01. The summed E-state index contributed by atoms with van der Waals surface area (Å²) in [6.07, 6.45) is 2.27. The average molecular weight is 209 g/mol. The average Bonchev–Trinajstić information content (AvgIpc) is 2.19. The van der Waals surface area contributed by atoms with Crippen LogP contribution in [0.1, 0.15) is 5.56 Å². The Balaban J connectivity index is 2.79. The highest BCUT2D eigenvalue weighted by Crippen LogP contribution is 2.17. The second kappa shape index (κ2) is 5.25. The molecule has 1 aromatic carbocycles. The predicted molar refractivity (Wildman–Crippen MR) is 56.6 cm³/mol. The molecule has 1 aromatic rings. The maximum Gasteiger partial charge on any atom is 0.337 e. The lowest BCUT2D eigenvalue weighted by molar-refractivity contribution is -0.132. The summed E-state index contributed by atoms with van der Waals surface area (Å²) in [7, 11) is 0. The number of hydrogen-bond donors (Lipinski definition) is 0. The summed E-state index contributed by atoms with van der Waals surface area (Å²) in [5.74, 6) is -0.533. The molecule has 0 aliphatic carbocycles.